The zero-order valence-corrected chi connectivity index (χ0v) is 15.4. The molecule has 0 fully saturated rings. The quantitative estimate of drug-likeness (QED) is 0.529. The van der Waals surface area contributed by atoms with Crippen LogP contribution in [0.5, 0.6) is 0 Å². The summed E-state index contributed by atoms with van der Waals surface area (Å²) in [4.78, 5) is 15.7. The number of hydrogen-bond acceptors (Lipinski definition) is 2. The van der Waals surface area contributed by atoms with Crippen LogP contribution in [0.25, 0.3) is 33.3 Å². The molecule has 4 nitrogen and oxygen atoms in total. The van der Waals surface area contributed by atoms with Gasteiger partial charge in [-0.25, -0.2) is 4.98 Å². The maximum atomic E-state index is 13.1. The number of fused-ring (bicyclic) bond motifs is 1. The van der Waals surface area contributed by atoms with Crippen molar-refractivity contribution in [3.63, 3.8) is 0 Å². The van der Waals surface area contributed by atoms with Crippen molar-refractivity contribution in [2.45, 2.75) is 6.18 Å². The van der Waals surface area contributed by atoms with Crippen LogP contribution in [0.1, 0.15) is 16.1 Å². The summed E-state index contributed by atoms with van der Waals surface area (Å²) in [5, 5.41) is 0.788. The molecule has 0 atom stereocenters. The van der Waals surface area contributed by atoms with E-state index in [1.807, 2.05) is 29.8 Å². The third-order valence-electron chi connectivity index (χ3n) is 4.79. The smallest absolute Gasteiger partial charge is 0.364 e. The van der Waals surface area contributed by atoms with Crippen LogP contribution in [-0.4, -0.2) is 15.5 Å². The van der Waals surface area contributed by atoms with Gasteiger partial charge in [-0.05, 0) is 42.0 Å². The summed E-state index contributed by atoms with van der Waals surface area (Å²) >= 11 is 0. The number of hydrogen-bond donors (Lipinski definition) is 1. The van der Waals surface area contributed by atoms with E-state index in [1.54, 1.807) is 24.4 Å². The highest BCUT2D eigenvalue weighted by atomic mass is 19.4. The van der Waals surface area contributed by atoms with E-state index in [-0.39, 0.29) is 5.69 Å². The Labute approximate surface area is 164 Å². The Balaban J connectivity index is 1.88. The Hall–Kier alpha value is -3.61. The summed E-state index contributed by atoms with van der Waals surface area (Å²) < 4.78 is 41.3. The molecule has 2 N–H and O–H groups in total. The van der Waals surface area contributed by atoms with Gasteiger partial charge in [-0.3, -0.25) is 4.79 Å². The summed E-state index contributed by atoms with van der Waals surface area (Å²) in [6.45, 7) is 0. The molecule has 0 saturated carbocycles. The highest BCUT2D eigenvalue weighted by Crippen LogP contribution is 2.36. The molecule has 2 aromatic heterocycles. The largest absolute Gasteiger partial charge is 0.416 e. The first kappa shape index (κ1) is 18.7. The van der Waals surface area contributed by atoms with Gasteiger partial charge in [0.25, 0.3) is 5.91 Å². The Kier molecular flexibility index (Phi) is 4.38. The Bertz CT molecular complexity index is 1240. The summed E-state index contributed by atoms with van der Waals surface area (Å²) in [5.74, 6) is -0.628. The lowest BCUT2D eigenvalue weighted by Gasteiger charge is -2.09. The predicted molar refractivity (Wildman–Crippen MR) is 105 cm³/mol. The number of rotatable bonds is 3. The molecule has 0 saturated heterocycles. The average molecular weight is 395 g/mol. The van der Waals surface area contributed by atoms with Crippen LogP contribution >= 0.6 is 0 Å². The van der Waals surface area contributed by atoms with Gasteiger partial charge < -0.3 is 10.3 Å². The second-order valence-corrected chi connectivity index (χ2v) is 6.74. The minimum absolute atomic E-state index is 0.147. The van der Waals surface area contributed by atoms with Crippen LogP contribution in [-0.2, 0) is 13.2 Å². The molecule has 0 aliphatic carbocycles. The lowest BCUT2D eigenvalue weighted by Crippen LogP contribution is -2.12. The number of pyridine rings is 1. The van der Waals surface area contributed by atoms with Gasteiger partial charge in [-0.15, -0.1) is 0 Å². The van der Waals surface area contributed by atoms with E-state index < -0.39 is 17.6 Å². The number of benzene rings is 2. The number of carbonyl (C=O) groups is 1. The molecule has 0 bridgehead atoms. The fourth-order valence-corrected chi connectivity index (χ4v) is 3.38. The number of carbonyl (C=O) groups excluding carboxylic acids is 1. The highest BCUT2D eigenvalue weighted by molar-refractivity contribution is 5.98. The fourth-order valence-electron chi connectivity index (χ4n) is 3.38. The van der Waals surface area contributed by atoms with E-state index in [9.17, 15) is 18.0 Å². The van der Waals surface area contributed by atoms with E-state index in [0.717, 1.165) is 28.6 Å². The van der Waals surface area contributed by atoms with Crippen molar-refractivity contribution >= 4 is 16.8 Å². The summed E-state index contributed by atoms with van der Waals surface area (Å²) in [5.41, 5.74) is 8.08. The molecular weight excluding hydrogens is 379 g/mol. The normalized spacial score (nSPS) is 11.7. The molecule has 29 heavy (non-hydrogen) atoms. The van der Waals surface area contributed by atoms with Crippen molar-refractivity contribution in [2.75, 3.05) is 0 Å². The monoisotopic (exact) mass is 395 g/mol. The van der Waals surface area contributed by atoms with Crippen molar-refractivity contribution in [1.29, 1.82) is 0 Å². The van der Waals surface area contributed by atoms with E-state index in [2.05, 4.69) is 4.98 Å². The SMILES string of the molecule is Cn1cc(-c2cccc(C(F)(F)F)c2)c2cc(-c3cccc(C(N)=O)n3)ccc21. The molecule has 0 aliphatic rings. The minimum atomic E-state index is -4.41. The number of aryl methyl sites for hydroxylation is 1. The first-order chi connectivity index (χ1) is 13.7. The summed E-state index contributed by atoms with van der Waals surface area (Å²) in [6.07, 6.45) is -2.61. The minimum Gasteiger partial charge on any atom is -0.364 e. The van der Waals surface area contributed by atoms with Gasteiger partial charge in [0.15, 0.2) is 0 Å². The molecule has 2 aromatic carbocycles. The molecule has 0 radical (unpaired) electrons. The number of primary amides is 1. The lowest BCUT2D eigenvalue weighted by molar-refractivity contribution is -0.137. The molecule has 0 unspecified atom stereocenters. The van der Waals surface area contributed by atoms with E-state index >= 15 is 0 Å². The third kappa shape index (κ3) is 3.47. The maximum Gasteiger partial charge on any atom is 0.416 e. The summed E-state index contributed by atoms with van der Waals surface area (Å²) in [6, 6.07) is 15.8. The molecule has 1 amide bonds. The van der Waals surface area contributed by atoms with Gasteiger partial charge in [-0.2, -0.15) is 13.2 Å². The van der Waals surface area contributed by atoms with Crippen LogP contribution in [0, 0.1) is 0 Å². The molecular formula is C22H16F3N3O. The predicted octanol–water partition coefficient (Wildman–Crippen LogP) is 5.03. The van der Waals surface area contributed by atoms with Crippen molar-refractivity contribution < 1.29 is 18.0 Å². The standard InChI is InChI=1S/C22H16F3N3O/c1-28-12-17(13-4-2-5-15(10-13)22(23,24)25)16-11-14(8-9-20(16)28)18-6-3-7-19(27-18)21(26)29/h2-12H,1H3,(H2,26,29). The Morgan fingerprint density at radius 1 is 1.00 bits per heavy atom. The molecule has 4 aromatic rings. The van der Waals surface area contributed by atoms with Gasteiger partial charge in [0, 0.05) is 35.3 Å². The number of amides is 1. The molecule has 0 spiro atoms. The molecule has 7 heteroatoms. The molecule has 146 valence electrons. The van der Waals surface area contributed by atoms with Gasteiger partial charge in [-0.1, -0.05) is 24.3 Å². The van der Waals surface area contributed by atoms with Gasteiger partial charge in [0.1, 0.15) is 5.69 Å². The number of halogens is 3. The maximum absolute atomic E-state index is 13.1. The van der Waals surface area contributed by atoms with E-state index in [1.165, 1.54) is 12.1 Å². The second kappa shape index (κ2) is 6.77. The van der Waals surface area contributed by atoms with Crippen LogP contribution in [0.2, 0.25) is 0 Å². The first-order valence-electron chi connectivity index (χ1n) is 8.78. The Morgan fingerprint density at radius 2 is 1.76 bits per heavy atom. The fraction of sp³-hybridized carbons (Fsp3) is 0.0909. The number of alkyl halides is 3. The number of aromatic nitrogens is 2. The second-order valence-electron chi connectivity index (χ2n) is 6.74. The first-order valence-corrected chi connectivity index (χ1v) is 8.78. The number of nitrogens with two attached hydrogens (primary N) is 1. The van der Waals surface area contributed by atoms with Crippen molar-refractivity contribution in [3.8, 4) is 22.4 Å². The third-order valence-corrected chi connectivity index (χ3v) is 4.79. The zero-order chi connectivity index (χ0) is 20.8. The van der Waals surface area contributed by atoms with Crippen molar-refractivity contribution in [3.05, 3.63) is 78.1 Å². The van der Waals surface area contributed by atoms with Crippen molar-refractivity contribution in [1.82, 2.24) is 9.55 Å². The van der Waals surface area contributed by atoms with Gasteiger partial charge >= 0.3 is 6.18 Å². The van der Waals surface area contributed by atoms with Crippen LogP contribution in [0.15, 0.2) is 66.9 Å². The Morgan fingerprint density at radius 3 is 2.48 bits per heavy atom. The van der Waals surface area contributed by atoms with Crippen molar-refractivity contribution in [2.24, 2.45) is 12.8 Å². The molecule has 4 rings (SSSR count). The zero-order valence-electron chi connectivity index (χ0n) is 15.4. The topological polar surface area (TPSA) is 60.9 Å². The van der Waals surface area contributed by atoms with E-state index in [0.29, 0.717) is 16.8 Å². The van der Waals surface area contributed by atoms with Gasteiger partial charge in [0.05, 0.1) is 11.3 Å². The van der Waals surface area contributed by atoms with Crippen LogP contribution in [0.4, 0.5) is 13.2 Å². The highest BCUT2D eigenvalue weighted by Gasteiger charge is 2.30. The number of nitrogens with zero attached hydrogens (tertiary/aromatic N) is 2. The van der Waals surface area contributed by atoms with Crippen LogP contribution in [0.3, 0.4) is 0 Å². The molecule has 0 aliphatic heterocycles. The van der Waals surface area contributed by atoms with Gasteiger partial charge in [0.2, 0.25) is 0 Å². The lowest BCUT2D eigenvalue weighted by atomic mass is 10.00. The summed E-state index contributed by atoms with van der Waals surface area (Å²) in [7, 11) is 1.84. The average Bonchev–Trinajstić information content (AvgIpc) is 3.03. The van der Waals surface area contributed by atoms with E-state index in [4.69, 9.17) is 5.73 Å². The molecule has 2 heterocycles. The van der Waals surface area contributed by atoms with Crippen LogP contribution < -0.4 is 5.73 Å².